The van der Waals surface area contributed by atoms with E-state index in [0.29, 0.717) is 25.9 Å². The summed E-state index contributed by atoms with van der Waals surface area (Å²) in [5, 5.41) is 13.9. The van der Waals surface area contributed by atoms with Gasteiger partial charge in [-0.1, -0.05) is 13.8 Å². The first-order chi connectivity index (χ1) is 18.9. The zero-order valence-corrected chi connectivity index (χ0v) is 25.8. The number of hydrogen-bond acceptors (Lipinski definition) is 11. The van der Waals surface area contributed by atoms with Gasteiger partial charge in [0.1, 0.15) is 26.4 Å². The number of amides is 1. The van der Waals surface area contributed by atoms with Crippen molar-refractivity contribution in [1.82, 2.24) is 5.32 Å². The minimum absolute atomic E-state index is 0.0117. The number of nitrogens with zero attached hydrogens (tertiary/aromatic N) is 1. The van der Waals surface area contributed by atoms with Crippen LogP contribution in [0.1, 0.15) is 60.3 Å². The maximum absolute atomic E-state index is 13.4. The molecule has 1 heterocycles. The van der Waals surface area contributed by atoms with Crippen molar-refractivity contribution in [2.24, 2.45) is 16.2 Å². The first-order valence-electron chi connectivity index (χ1n) is 13.9. The summed E-state index contributed by atoms with van der Waals surface area (Å²) in [6.45, 7) is 9.27. The Morgan fingerprint density at radius 2 is 1.68 bits per heavy atom. The van der Waals surface area contributed by atoms with Gasteiger partial charge in [0.15, 0.2) is 6.10 Å². The summed E-state index contributed by atoms with van der Waals surface area (Å²) in [5.74, 6) is -2.57. The van der Waals surface area contributed by atoms with E-state index in [2.05, 4.69) is 5.32 Å². The number of quaternary nitrogens is 1. The van der Waals surface area contributed by atoms with Crippen molar-refractivity contribution in [3.8, 4) is 0 Å². The Bertz CT molecular complexity index is 936. The van der Waals surface area contributed by atoms with E-state index in [1.807, 2.05) is 6.92 Å². The monoisotopic (exact) mass is 588 g/mol. The van der Waals surface area contributed by atoms with Gasteiger partial charge in [-0.3, -0.25) is 14.4 Å². The van der Waals surface area contributed by atoms with Gasteiger partial charge in [0.2, 0.25) is 5.91 Å². The average Bonchev–Trinajstić information content (AvgIpc) is 3.28. The zero-order chi connectivity index (χ0) is 31.5. The molecule has 1 fully saturated rings. The van der Waals surface area contributed by atoms with Gasteiger partial charge >= 0.3 is 18.1 Å². The molecule has 0 saturated carbocycles. The predicted octanol–water partition coefficient (Wildman–Crippen LogP) is 0.816. The summed E-state index contributed by atoms with van der Waals surface area (Å²) in [7, 11) is 5.03. The minimum atomic E-state index is -1.26. The Hall–Kier alpha value is -2.93. The van der Waals surface area contributed by atoms with Crippen LogP contribution in [-0.2, 0) is 42.9 Å². The molecule has 0 aliphatic carbocycles. The predicted molar refractivity (Wildman–Crippen MR) is 144 cm³/mol. The summed E-state index contributed by atoms with van der Waals surface area (Å²) in [5.41, 5.74) is -3.40. The van der Waals surface area contributed by atoms with Crippen LogP contribution in [0, 0.1) is 16.2 Å². The van der Waals surface area contributed by atoms with Gasteiger partial charge in [-0.2, -0.15) is 0 Å². The average molecular weight is 589 g/mol. The Morgan fingerprint density at radius 1 is 1.02 bits per heavy atom. The quantitative estimate of drug-likeness (QED) is 0.0982. The lowest BCUT2D eigenvalue weighted by Gasteiger charge is -2.40. The molecule has 41 heavy (non-hydrogen) atoms. The first-order valence-corrected chi connectivity index (χ1v) is 13.9. The summed E-state index contributed by atoms with van der Waals surface area (Å²) < 4.78 is 25.7. The molecule has 13 heteroatoms. The first kappa shape index (κ1) is 36.1. The molecule has 0 aromatic carbocycles. The number of carbonyl (C=O) groups is 5. The molecule has 0 spiro atoms. The number of carboxylic acids is 1. The van der Waals surface area contributed by atoms with Gasteiger partial charge in [0.25, 0.3) is 0 Å². The highest BCUT2D eigenvalue weighted by molar-refractivity contribution is 5.85. The van der Waals surface area contributed by atoms with Gasteiger partial charge in [0.05, 0.1) is 44.0 Å². The van der Waals surface area contributed by atoms with E-state index in [9.17, 15) is 29.1 Å². The maximum atomic E-state index is 13.4. The van der Waals surface area contributed by atoms with Gasteiger partial charge < -0.3 is 43.4 Å². The van der Waals surface area contributed by atoms with E-state index in [1.54, 1.807) is 41.8 Å². The van der Waals surface area contributed by atoms with Crippen molar-refractivity contribution in [1.29, 1.82) is 0 Å². The third-order valence-corrected chi connectivity index (χ3v) is 7.34. The van der Waals surface area contributed by atoms with E-state index in [4.69, 9.17) is 23.7 Å². The number of cyclic esters (lactones) is 2. The van der Waals surface area contributed by atoms with Gasteiger partial charge in [-0.25, -0.2) is 4.79 Å². The molecule has 0 aromatic heterocycles. The molecule has 1 amide bonds. The smallest absolute Gasteiger partial charge is 0.508 e. The SMILES string of the molecule is CCC(C)(CC(C)(CC(C)(C)C(=O)OCC1COC(=O)O1)C(=O)OCCOC)C(=O)NCCC[N+](C)(C)CC(=O)[O-]. The third-order valence-electron chi connectivity index (χ3n) is 7.34. The standard InChI is InChI=1S/C28H48N2O11/c1-9-27(4,22(33)29-11-10-12-30(6,7)15-21(31)32)19-28(5,24(35)38-14-13-37-8)18-26(2,3)23(34)39-16-20-17-40-25(36)41-20/h20H,9-19H2,1-8H3,(H-,29,31,32,33). The fourth-order valence-electron chi connectivity index (χ4n) is 5.04. The summed E-state index contributed by atoms with van der Waals surface area (Å²) >= 11 is 0. The normalized spacial score (nSPS) is 18.3. The van der Waals surface area contributed by atoms with E-state index >= 15 is 0 Å². The van der Waals surface area contributed by atoms with Crippen LogP contribution in [0.3, 0.4) is 0 Å². The van der Waals surface area contributed by atoms with Crippen LogP contribution in [0.15, 0.2) is 0 Å². The Kier molecular flexibility index (Phi) is 13.5. The van der Waals surface area contributed by atoms with Crippen LogP contribution in [0.2, 0.25) is 0 Å². The number of hydrogen-bond donors (Lipinski definition) is 1. The van der Waals surface area contributed by atoms with Crippen molar-refractivity contribution in [2.75, 3.05) is 67.3 Å². The van der Waals surface area contributed by atoms with Crippen LogP contribution < -0.4 is 10.4 Å². The number of methoxy groups -OCH3 is 1. The molecule has 1 aliphatic rings. The molecule has 1 rings (SSSR count). The fraction of sp³-hybridized carbons (Fsp3) is 0.821. The summed E-state index contributed by atoms with van der Waals surface area (Å²) in [6, 6.07) is 0. The van der Waals surface area contributed by atoms with Gasteiger partial charge in [0, 0.05) is 25.5 Å². The Balaban J connectivity index is 3.00. The number of ether oxygens (including phenoxy) is 5. The van der Waals surface area contributed by atoms with Gasteiger partial charge in [-0.05, 0) is 40.0 Å². The van der Waals surface area contributed by atoms with Crippen LogP contribution in [0.5, 0.6) is 0 Å². The van der Waals surface area contributed by atoms with Crippen LogP contribution in [0.4, 0.5) is 4.79 Å². The van der Waals surface area contributed by atoms with E-state index in [-0.39, 0.29) is 56.2 Å². The lowest BCUT2D eigenvalue weighted by Crippen LogP contribution is -2.50. The Labute approximate surface area is 242 Å². The van der Waals surface area contributed by atoms with Crippen LogP contribution in [-0.4, -0.2) is 108 Å². The highest BCUT2D eigenvalue weighted by Gasteiger charge is 2.49. The third kappa shape index (κ3) is 11.8. The van der Waals surface area contributed by atoms with E-state index in [0.717, 1.165) is 0 Å². The molecule has 3 atom stereocenters. The number of carbonyl (C=O) groups excluding carboxylic acids is 5. The van der Waals surface area contributed by atoms with Crippen LogP contribution in [0.25, 0.3) is 0 Å². The lowest BCUT2D eigenvalue weighted by atomic mass is 9.64. The molecule has 1 saturated heterocycles. The van der Waals surface area contributed by atoms with Crippen molar-refractivity contribution in [2.45, 2.75) is 66.4 Å². The van der Waals surface area contributed by atoms with Crippen molar-refractivity contribution < 1.29 is 57.2 Å². The minimum Gasteiger partial charge on any atom is -0.544 e. The number of aliphatic carboxylic acids is 1. The summed E-state index contributed by atoms with van der Waals surface area (Å²) in [4.78, 5) is 62.0. The van der Waals surface area contributed by atoms with Crippen molar-refractivity contribution in [3.63, 3.8) is 0 Å². The second-order valence-corrected chi connectivity index (χ2v) is 12.5. The number of esters is 2. The molecule has 0 radical (unpaired) electrons. The van der Waals surface area contributed by atoms with Crippen molar-refractivity contribution in [3.05, 3.63) is 0 Å². The molecule has 1 N–H and O–H groups in total. The number of rotatable bonds is 19. The lowest BCUT2D eigenvalue weighted by molar-refractivity contribution is -0.884. The zero-order valence-electron chi connectivity index (χ0n) is 25.8. The molecule has 3 unspecified atom stereocenters. The highest BCUT2D eigenvalue weighted by atomic mass is 16.8. The Morgan fingerprint density at radius 3 is 2.22 bits per heavy atom. The number of likely N-dealkylation sites (N-methyl/N-ethyl adjacent to an activating group) is 1. The molecular weight excluding hydrogens is 540 g/mol. The number of carboxylic acid groups (broad SMARTS) is 1. The number of nitrogens with one attached hydrogen (secondary N) is 1. The molecule has 1 aliphatic heterocycles. The van der Waals surface area contributed by atoms with Crippen molar-refractivity contribution >= 4 is 30.0 Å². The van der Waals surface area contributed by atoms with Crippen LogP contribution >= 0.6 is 0 Å². The van der Waals surface area contributed by atoms with E-state index in [1.165, 1.54) is 7.11 Å². The molecule has 13 nitrogen and oxygen atoms in total. The maximum Gasteiger partial charge on any atom is 0.508 e. The second-order valence-electron chi connectivity index (χ2n) is 12.5. The van der Waals surface area contributed by atoms with Gasteiger partial charge in [-0.15, -0.1) is 0 Å². The molecule has 0 aromatic rings. The summed E-state index contributed by atoms with van der Waals surface area (Å²) in [6.07, 6.45) is -0.472. The molecular formula is C28H48N2O11. The molecule has 0 bridgehead atoms. The topological polar surface area (TPSA) is 167 Å². The largest absolute Gasteiger partial charge is 0.544 e. The fourth-order valence-corrected chi connectivity index (χ4v) is 5.04. The van der Waals surface area contributed by atoms with E-state index < -0.39 is 46.4 Å². The highest BCUT2D eigenvalue weighted by Crippen LogP contribution is 2.45. The molecule has 236 valence electrons. The second kappa shape index (κ2) is 15.3.